The number of nitrogens with zero attached hydrogens (tertiary/aromatic N) is 6. The third kappa shape index (κ3) is 1.30. The summed E-state index contributed by atoms with van der Waals surface area (Å²) >= 11 is 6.07. The monoisotopic (exact) mass is 248 g/mol. The van der Waals surface area contributed by atoms with Crippen LogP contribution in [0, 0.1) is 13.8 Å². The van der Waals surface area contributed by atoms with E-state index in [4.69, 9.17) is 11.6 Å². The first-order valence-corrected chi connectivity index (χ1v) is 5.46. The van der Waals surface area contributed by atoms with E-state index in [0.717, 1.165) is 27.8 Å². The van der Waals surface area contributed by atoms with Gasteiger partial charge in [0, 0.05) is 17.8 Å². The van der Waals surface area contributed by atoms with E-state index in [1.54, 1.807) is 11.7 Å². The van der Waals surface area contributed by atoms with Crippen molar-refractivity contribution in [2.24, 2.45) is 7.05 Å². The molecule has 0 saturated carbocycles. The number of aryl methyl sites for hydroxylation is 3. The SMILES string of the molecule is Cc1nc2c(nnn2C)c2c(C)nnc(Cl)c12. The van der Waals surface area contributed by atoms with Crippen molar-refractivity contribution in [1.82, 2.24) is 30.2 Å². The van der Waals surface area contributed by atoms with Crippen LogP contribution in [0.15, 0.2) is 0 Å². The summed E-state index contributed by atoms with van der Waals surface area (Å²) < 4.78 is 1.63. The van der Waals surface area contributed by atoms with Crippen LogP contribution in [0.2, 0.25) is 5.15 Å². The molecular formula is C10H9ClN6. The molecule has 0 bridgehead atoms. The van der Waals surface area contributed by atoms with E-state index in [2.05, 4.69) is 25.5 Å². The molecule has 6 nitrogen and oxygen atoms in total. The summed E-state index contributed by atoms with van der Waals surface area (Å²) in [5.41, 5.74) is 3.02. The van der Waals surface area contributed by atoms with E-state index >= 15 is 0 Å². The molecule has 0 amide bonds. The highest BCUT2D eigenvalue weighted by Crippen LogP contribution is 2.29. The zero-order chi connectivity index (χ0) is 12.2. The molecule has 3 rings (SSSR count). The smallest absolute Gasteiger partial charge is 0.179 e. The Morgan fingerprint density at radius 1 is 1.00 bits per heavy atom. The molecule has 0 aliphatic rings. The maximum atomic E-state index is 6.07. The van der Waals surface area contributed by atoms with Crippen LogP contribution in [-0.2, 0) is 7.05 Å². The zero-order valence-corrected chi connectivity index (χ0v) is 10.3. The molecule has 3 aromatic heterocycles. The summed E-state index contributed by atoms with van der Waals surface area (Å²) in [7, 11) is 1.80. The van der Waals surface area contributed by atoms with Gasteiger partial charge < -0.3 is 0 Å². The van der Waals surface area contributed by atoms with Crippen molar-refractivity contribution in [3.63, 3.8) is 0 Å². The minimum atomic E-state index is 0.350. The van der Waals surface area contributed by atoms with Crippen molar-refractivity contribution in [2.45, 2.75) is 13.8 Å². The predicted molar refractivity (Wildman–Crippen MR) is 63.9 cm³/mol. The number of hydrogen-bond donors (Lipinski definition) is 0. The van der Waals surface area contributed by atoms with E-state index in [-0.39, 0.29) is 0 Å². The van der Waals surface area contributed by atoms with Gasteiger partial charge in [-0.25, -0.2) is 9.67 Å². The second-order valence-corrected chi connectivity index (χ2v) is 4.27. The molecule has 0 aliphatic heterocycles. The summed E-state index contributed by atoms with van der Waals surface area (Å²) in [6.45, 7) is 3.76. The fourth-order valence-corrected chi connectivity index (χ4v) is 2.25. The Bertz CT molecular complexity index is 747. The highest BCUT2D eigenvalue weighted by atomic mass is 35.5. The second kappa shape index (κ2) is 3.33. The second-order valence-electron chi connectivity index (χ2n) is 3.91. The molecule has 3 heterocycles. The lowest BCUT2D eigenvalue weighted by atomic mass is 10.1. The Morgan fingerprint density at radius 2 is 1.76 bits per heavy atom. The zero-order valence-electron chi connectivity index (χ0n) is 9.56. The molecule has 86 valence electrons. The van der Waals surface area contributed by atoms with Crippen molar-refractivity contribution in [3.8, 4) is 0 Å². The molecule has 7 heteroatoms. The molecule has 0 radical (unpaired) electrons. The number of rotatable bonds is 0. The van der Waals surface area contributed by atoms with Gasteiger partial charge in [0.25, 0.3) is 0 Å². The van der Waals surface area contributed by atoms with Gasteiger partial charge in [0.05, 0.1) is 11.4 Å². The van der Waals surface area contributed by atoms with E-state index in [0.29, 0.717) is 10.7 Å². The molecule has 0 aliphatic carbocycles. The minimum Gasteiger partial charge on any atom is -0.231 e. The van der Waals surface area contributed by atoms with Crippen LogP contribution in [0.1, 0.15) is 11.4 Å². The molecule has 0 fully saturated rings. The first-order valence-electron chi connectivity index (χ1n) is 5.08. The maximum Gasteiger partial charge on any atom is 0.179 e. The normalized spacial score (nSPS) is 11.5. The van der Waals surface area contributed by atoms with Crippen molar-refractivity contribution in [2.75, 3.05) is 0 Å². The molecule has 17 heavy (non-hydrogen) atoms. The molecule has 0 N–H and O–H groups in total. The third-order valence-corrected chi connectivity index (χ3v) is 3.04. The molecule has 0 aromatic carbocycles. The van der Waals surface area contributed by atoms with Crippen LogP contribution in [0.5, 0.6) is 0 Å². The fourth-order valence-electron chi connectivity index (χ4n) is 1.98. The Kier molecular flexibility index (Phi) is 2.03. The lowest BCUT2D eigenvalue weighted by Crippen LogP contribution is -1.98. The highest BCUT2D eigenvalue weighted by Gasteiger charge is 2.16. The Hall–Kier alpha value is -1.82. The summed E-state index contributed by atoms with van der Waals surface area (Å²) in [4.78, 5) is 4.45. The van der Waals surface area contributed by atoms with E-state index < -0.39 is 0 Å². The third-order valence-electron chi connectivity index (χ3n) is 2.78. The van der Waals surface area contributed by atoms with E-state index in [1.807, 2.05) is 13.8 Å². The van der Waals surface area contributed by atoms with Gasteiger partial charge in [0.1, 0.15) is 5.52 Å². The van der Waals surface area contributed by atoms with E-state index in [1.165, 1.54) is 0 Å². The highest BCUT2D eigenvalue weighted by molar-refractivity contribution is 6.35. The van der Waals surface area contributed by atoms with Crippen LogP contribution in [-0.4, -0.2) is 30.2 Å². The van der Waals surface area contributed by atoms with Crippen LogP contribution >= 0.6 is 11.6 Å². The van der Waals surface area contributed by atoms with Gasteiger partial charge in [-0.1, -0.05) is 16.8 Å². The first kappa shape index (κ1) is 10.3. The molecular weight excluding hydrogens is 240 g/mol. The maximum absolute atomic E-state index is 6.07. The summed E-state index contributed by atoms with van der Waals surface area (Å²) in [6, 6.07) is 0. The lowest BCUT2D eigenvalue weighted by Gasteiger charge is -2.05. The van der Waals surface area contributed by atoms with Gasteiger partial charge in [-0.3, -0.25) is 0 Å². The standard InChI is InChI=1S/C10H9ClN6/c1-4-7-6(5(2)13-15-9(7)11)8-10(12-4)17(3)16-14-8/h1-3H3. The van der Waals surface area contributed by atoms with Gasteiger partial charge in [0.15, 0.2) is 10.8 Å². The molecule has 0 unspecified atom stereocenters. The quantitative estimate of drug-likeness (QED) is 0.604. The Morgan fingerprint density at radius 3 is 2.53 bits per heavy atom. The van der Waals surface area contributed by atoms with Crippen molar-refractivity contribution < 1.29 is 0 Å². The summed E-state index contributed by atoms with van der Waals surface area (Å²) in [5.74, 6) is 0. The minimum absolute atomic E-state index is 0.350. The Labute approximate surface area is 102 Å². The van der Waals surface area contributed by atoms with Crippen LogP contribution in [0.25, 0.3) is 21.9 Å². The predicted octanol–water partition coefficient (Wildman–Crippen LogP) is 1.58. The molecule has 0 spiro atoms. The van der Waals surface area contributed by atoms with Crippen LogP contribution in [0.4, 0.5) is 0 Å². The first-order chi connectivity index (χ1) is 8.09. The topological polar surface area (TPSA) is 69.4 Å². The Balaban J connectivity index is 2.70. The van der Waals surface area contributed by atoms with Crippen molar-refractivity contribution in [1.29, 1.82) is 0 Å². The number of hydrogen-bond acceptors (Lipinski definition) is 5. The van der Waals surface area contributed by atoms with Gasteiger partial charge in [-0.2, -0.15) is 5.10 Å². The number of fused-ring (bicyclic) bond motifs is 3. The number of aromatic nitrogens is 6. The molecule has 3 aromatic rings. The lowest BCUT2D eigenvalue weighted by molar-refractivity contribution is 0.729. The average molecular weight is 249 g/mol. The van der Waals surface area contributed by atoms with Gasteiger partial charge in [-0.15, -0.1) is 10.2 Å². The summed E-state index contributed by atoms with van der Waals surface area (Å²) in [5, 5.41) is 18.0. The van der Waals surface area contributed by atoms with Gasteiger partial charge >= 0.3 is 0 Å². The molecule has 0 saturated heterocycles. The molecule has 0 atom stereocenters. The van der Waals surface area contributed by atoms with Crippen molar-refractivity contribution in [3.05, 3.63) is 16.5 Å². The van der Waals surface area contributed by atoms with Crippen LogP contribution in [0.3, 0.4) is 0 Å². The largest absolute Gasteiger partial charge is 0.231 e. The average Bonchev–Trinajstić information content (AvgIpc) is 2.65. The number of pyridine rings is 1. The van der Waals surface area contributed by atoms with Gasteiger partial charge in [0.2, 0.25) is 0 Å². The van der Waals surface area contributed by atoms with Crippen LogP contribution < -0.4 is 0 Å². The fraction of sp³-hybridized carbons (Fsp3) is 0.300. The summed E-state index contributed by atoms with van der Waals surface area (Å²) in [6.07, 6.45) is 0. The van der Waals surface area contributed by atoms with Crippen molar-refractivity contribution >= 4 is 33.5 Å². The van der Waals surface area contributed by atoms with Gasteiger partial charge in [-0.05, 0) is 13.8 Å². The number of halogens is 1. The van der Waals surface area contributed by atoms with E-state index in [9.17, 15) is 0 Å².